The normalized spacial score (nSPS) is 14.3. The van der Waals surface area contributed by atoms with Crippen LogP contribution in [-0.2, 0) is 24.0 Å². The number of carbonyl (C=O) groups excluding carboxylic acids is 4. The third-order valence-corrected chi connectivity index (χ3v) is 6.03. The van der Waals surface area contributed by atoms with Crippen LogP contribution in [0.1, 0.15) is 114 Å². The molecule has 1 saturated heterocycles. The number of ether oxygens (including phenoxy) is 1. The molecule has 0 aliphatic carbocycles. The van der Waals surface area contributed by atoms with Gasteiger partial charge in [-0.3, -0.25) is 9.59 Å². The van der Waals surface area contributed by atoms with Crippen molar-refractivity contribution >= 4 is 23.8 Å². The Kier molecular flexibility index (Phi) is 13.0. The highest BCUT2D eigenvalue weighted by molar-refractivity contribution is 6.02. The molecule has 0 unspecified atom stereocenters. The Morgan fingerprint density at radius 2 is 1.29 bits per heavy atom. The number of hydrogen-bond acceptors (Lipinski definition) is 6. The molecule has 1 aromatic carbocycles. The van der Waals surface area contributed by atoms with Crippen LogP contribution in [0.4, 0.5) is 0 Å². The van der Waals surface area contributed by atoms with E-state index in [4.69, 9.17) is 9.57 Å². The van der Waals surface area contributed by atoms with Gasteiger partial charge in [-0.15, -0.1) is 5.06 Å². The quantitative estimate of drug-likeness (QED) is 0.159. The van der Waals surface area contributed by atoms with Gasteiger partial charge in [-0.2, -0.15) is 0 Å². The molecule has 0 saturated carbocycles. The zero-order valence-electron chi connectivity index (χ0n) is 20.5. The second-order valence-electron chi connectivity index (χ2n) is 8.93. The van der Waals surface area contributed by atoms with E-state index >= 15 is 0 Å². The fourth-order valence-corrected chi connectivity index (χ4v) is 3.97. The van der Waals surface area contributed by atoms with Gasteiger partial charge in [0.05, 0.1) is 5.56 Å². The summed E-state index contributed by atoms with van der Waals surface area (Å²) in [6.07, 6.45) is 13.3. The topological polar surface area (TPSA) is 90.0 Å². The van der Waals surface area contributed by atoms with Gasteiger partial charge < -0.3 is 9.57 Å². The lowest BCUT2D eigenvalue weighted by atomic mass is 10.0. The minimum absolute atomic E-state index is 0.0132. The standard InChI is InChI=1S/C27H39NO6/c1-2-3-4-5-6-7-8-9-10-11-12-16-19-23(33-26(31)22-17-14-13-15-18-22)27(32)34-28-24(29)20-21-25(28)30/h13-15,17-18,23H,2-12,16,19-21H2,1H3/t23-/m1/s1. The number of hydrogen-bond donors (Lipinski definition) is 0. The van der Waals surface area contributed by atoms with E-state index in [0.29, 0.717) is 17.0 Å². The van der Waals surface area contributed by atoms with Crippen LogP contribution >= 0.6 is 0 Å². The highest BCUT2D eigenvalue weighted by Crippen LogP contribution is 2.18. The predicted octanol–water partition coefficient (Wildman–Crippen LogP) is 5.91. The number of esters is 1. The number of nitrogens with zero attached hydrogens (tertiary/aromatic N) is 1. The van der Waals surface area contributed by atoms with Crippen LogP contribution in [0.5, 0.6) is 0 Å². The number of hydroxylamine groups is 2. The molecule has 1 atom stereocenters. The first-order chi connectivity index (χ1) is 16.5. The molecule has 188 valence electrons. The van der Waals surface area contributed by atoms with Crippen molar-refractivity contribution in [1.82, 2.24) is 5.06 Å². The molecule has 1 aliphatic heterocycles. The Balaban J connectivity index is 1.74. The van der Waals surface area contributed by atoms with Crippen molar-refractivity contribution in [3.63, 3.8) is 0 Å². The number of carbonyl (C=O) groups is 4. The first-order valence-corrected chi connectivity index (χ1v) is 12.9. The molecule has 0 aromatic heterocycles. The Morgan fingerprint density at radius 3 is 1.82 bits per heavy atom. The molecule has 7 heteroatoms. The van der Waals surface area contributed by atoms with E-state index in [1.807, 2.05) is 0 Å². The molecule has 0 bridgehead atoms. The van der Waals surface area contributed by atoms with Gasteiger partial charge in [-0.05, 0) is 25.0 Å². The second-order valence-corrected chi connectivity index (χ2v) is 8.93. The molecular weight excluding hydrogens is 434 g/mol. The van der Waals surface area contributed by atoms with Gasteiger partial charge in [0.2, 0.25) is 6.10 Å². The molecule has 2 rings (SSSR count). The van der Waals surface area contributed by atoms with Crippen LogP contribution in [0.15, 0.2) is 30.3 Å². The summed E-state index contributed by atoms with van der Waals surface area (Å²) >= 11 is 0. The van der Waals surface area contributed by atoms with E-state index in [1.165, 1.54) is 51.4 Å². The molecule has 1 heterocycles. The van der Waals surface area contributed by atoms with Crippen molar-refractivity contribution in [2.24, 2.45) is 0 Å². The lowest BCUT2D eigenvalue weighted by Crippen LogP contribution is -2.38. The maximum atomic E-state index is 12.6. The first kappa shape index (κ1) is 27.5. The van der Waals surface area contributed by atoms with E-state index in [0.717, 1.165) is 19.3 Å². The molecular formula is C27H39NO6. The van der Waals surface area contributed by atoms with Crippen molar-refractivity contribution in [2.75, 3.05) is 0 Å². The van der Waals surface area contributed by atoms with Gasteiger partial charge >= 0.3 is 11.9 Å². The maximum Gasteiger partial charge on any atom is 0.373 e. The van der Waals surface area contributed by atoms with Crippen molar-refractivity contribution < 1.29 is 28.8 Å². The maximum absolute atomic E-state index is 12.6. The van der Waals surface area contributed by atoms with Crippen molar-refractivity contribution in [3.8, 4) is 0 Å². The van der Waals surface area contributed by atoms with Crippen LogP contribution in [0.3, 0.4) is 0 Å². The summed E-state index contributed by atoms with van der Waals surface area (Å²) in [6.45, 7) is 2.23. The van der Waals surface area contributed by atoms with Crippen LogP contribution in [0.2, 0.25) is 0 Å². The number of amides is 2. The highest BCUT2D eigenvalue weighted by Gasteiger charge is 2.36. The predicted molar refractivity (Wildman–Crippen MR) is 129 cm³/mol. The molecule has 2 amide bonds. The number of unbranched alkanes of at least 4 members (excludes halogenated alkanes) is 11. The third-order valence-electron chi connectivity index (χ3n) is 6.03. The third kappa shape index (κ3) is 10.1. The molecule has 0 radical (unpaired) electrons. The molecule has 1 aromatic rings. The van der Waals surface area contributed by atoms with Gasteiger partial charge in [0.1, 0.15) is 0 Å². The van der Waals surface area contributed by atoms with Gasteiger partial charge in [0, 0.05) is 12.8 Å². The average Bonchev–Trinajstić information content (AvgIpc) is 3.16. The van der Waals surface area contributed by atoms with E-state index in [1.54, 1.807) is 30.3 Å². The van der Waals surface area contributed by atoms with Crippen LogP contribution in [0.25, 0.3) is 0 Å². The summed E-state index contributed by atoms with van der Waals surface area (Å²) in [5, 5.41) is 0.494. The second kappa shape index (κ2) is 16.0. The highest BCUT2D eigenvalue weighted by atomic mass is 16.7. The SMILES string of the molecule is CCCCCCCCCCCCCC[C@@H](OC(=O)c1ccccc1)C(=O)ON1C(=O)CCC1=O. The van der Waals surface area contributed by atoms with Crippen LogP contribution in [0, 0.1) is 0 Å². The van der Waals surface area contributed by atoms with Crippen LogP contribution < -0.4 is 0 Å². The van der Waals surface area contributed by atoms with Crippen LogP contribution in [-0.4, -0.2) is 34.9 Å². The van der Waals surface area contributed by atoms with Gasteiger partial charge in [0.15, 0.2) is 0 Å². The van der Waals surface area contributed by atoms with Gasteiger partial charge in [0.25, 0.3) is 11.8 Å². The Labute approximate surface area is 203 Å². The lowest BCUT2D eigenvalue weighted by molar-refractivity contribution is -0.203. The number of benzene rings is 1. The number of imide groups is 1. The molecule has 0 N–H and O–H groups in total. The molecule has 34 heavy (non-hydrogen) atoms. The zero-order valence-corrected chi connectivity index (χ0v) is 20.5. The Morgan fingerprint density at radius 1 is 0.794 bits per heavy atom. The number of rotatable bonds is 17. The summed E-state index contributed by atoms with van der Waals surface area (Å²) in [4.78, 5) is 53.7. The van der Waals surface area contributed by atoms with Crippen molar-refractivity contribution in [3.05, 3.63) is 35.9 Å². The monoisotopic (exact) mass is 473 g/mol. The summed E-state index contributed by atoms with van der Waals surface area (Å²) in [5.41, 5.74) is 0.323. The van der Waals surface area contributed by atoms with E-state index < -0.39 is 29.9 Å². The summed E-state index contributed by atoms with van der Waals surface area (Å²) in [6, 6.07) is 8.39. The minimum atomic E-state index is -1.17. The van der Waals surface area contributed by atoms with E-state index in [-0.39, 0.29) is 19.3 Å². The average molecular weight is 474 g/mol. The molecule has 0 spiro atoms. The smallest absolute Gasteiger partial charge is 0.373 e. The first-order valence-electron chi connectivity index (χ1n) is 12.9. The summed E-state index contributed by atoms with van der Waals surface area (Å²) in [7, 11) is 0. The molecule has 1 aliphatic rings. The fraction of sp³-hybridized carbons (Fsp3) is 0.630. The fourth-order valence-electron chi connectivity index (χ4n) is 3.97. The van der Waals surface area contributed by atoms with Crippen molar-refractivity contribution in [2.45, 2.75) is 109 Å². The lowest BCUT2D eigenvalue weighted by Gasteiger charge is -2.19. The summed E-state index contributed by atoms with van der Waals surface area (Å²) < 4.78 is 5.42. The van der Waals surface area contributed by atoms with Crippen molar-refractivity contribution in [1.29, 1.82) is 0 Å². The minimum Gasteiger partial charge on any atom is -0.447 e. The summed E-state index contributed by atoms with van der Waals surface area (Å²) in [5.74, 6) is -2.65. The molecule has 1 fully saturated rings. The Bertz CT molecular complexity index is 763. The molecule has 7 nitrogen and oxygen atoms in total. The largest absolute Gasteiger partial charge is 0.447 e. The van der Waals surface area contributed by atoms with Gasteiger partial charge in [-0.1, -0.05) is 95.8 Å². The van der Waals surface area contributed by atoms with E-state index in [2.05, 4.69) is 6.92 Å². The van der Waals surface area contributed by atoms with E-state index in [9.17, 15) is 19.2 Å². The zero-order chi connectivity index (χ0) is 24.6. The van der Waals surface area contributed by atoms with Gasteiger partial charge in [-0.25, -0.2) is 9.59 Å². The Hall–Kier alpha value is -2.70.